The molecule has 0 saturated carbocycles. The van der Waals surface area contributed by atoms with Gasteiger partial charge in [-0.3, -0.25) is 0 Å². The molecule has 0 amide bonds. The van der Waals surface area contributed by atoms with Crippen LogP contribution in [-0.4, -0.2) is 9.55 Å². The molecule has 57 heavy (non-hydrogen) atoms. The van der Waals surface area contributed by atoms with Crippen LogP contribution < -0.4 is 14.5 Å². The summed E-state index contributed by atoms with van der Waals surface area (Å²) >= 11 is 0. The predicted molar refractivity (Wildman–Crippen MR) is 234 cm³/mol. The number of pyridine rings is 1. The van der Waals surface area contributed by atoms with E-state index in [1.165, 1.54) is 16.7 Å². The summed E-state index contributed by atoms with van der Waals surface area (Å²) in [7, 11) is 0. The summed E-state index contributed by atoms with van der Waals surface area (Å²) in [5.41, 5.74) is 10.1. The van der Waals surface area contributed by atoms with E-state index in [2.05, 4.69) is 200 Å². The zero-order valence-electron chi connectivity index (χ0n) is 35.1. The van der Waals surface area contributed by atoms with Crippen molar-refractivity contribution >= 4 is 44.6 Å². The Labute approximate surface area is 354 Å². The molecule has 0 bridgehead atoms. The predicted octanol–water partition coefficient (Wildman–Crippen LogP) is 13.9. The second-order valence-electron chi connectivity index (χ2n) is 18.8. The summed E-state index contributed by atoms with van der Waals surface area (Å²) in [6.45, 7) is 27.2. The Morgan fingerprint density at radius 2 is 1.28 bits per heavy atom. The summed E-state index contributed by atoms with van der Waals surface area (Å²) in [5, 5.41) is 2.25. The number of nitrogens with zero attached hydrogens (tertiary/aromatic N) is 4. The molecule has 0 N–H and O–H groups in total. The molecular weight excluding hydrogens is 880 g/mol. The van der Waals surface area contributed by atoms with Crippen molar-refractivity contribution in [2.24, 2.45) is 5.41 Å². The van der Waals surface area contributed by atoms with Crippen molar-refractivity contribution in [3.8, 4) is 17.3 Å². The number of hydrogen-bond donors (Lipinski definition) is 0. The van der Waals surface area contributed by atoms with Gasteiger partial charge in [-0.05, 0) is 86.2 Å². The molecule has 0 atom stereocenters. The number of fused-ring (bicyclic) bond motifs is 4. The van der Waals surface area contributed by atoms with Gasteiger partial charge in [0.2, 0.25) is 0 Å². The smallest absolute Gasteiger partial charge is 0.135 e. The molecule has 0 saturated heterocycles. The molecule has 5 aromatic carbocycles. The topological polar surface area (TPSA) is 33.5 Å². The largest absolute Gasteiger partial charge is 0.509 e. The molecule has 296 valence electrons. The number of rotatable bonds is 6. The Morgan fingerprint density at radius 1 is 0.579 bits per heavy atom. The molecule has 1 aliphatic heterocycles. The van der Waals surface area contributed by atoms with E-state index < -0.39 is 0 Å². The molecule has 0 spiro atoms. The average molecular weight is 933 g/mol. The summed E-state index contributed by atoms with van der Waals surface area (Å²) < 4.78 is 8.84. The third kappa shape index (κ3) is 7.40. The maximum absolute atomic E-state index is 6.63. The van der Waals surface area contributed by atoms with Crippen molar-refractivity contribution < 1.29 is 25.8 Å². The second-order valence-corrected chi connectivity index (χ2v) is 18.8. The Hall–Kier alpha value is -4.86. The standard InChI is InChI=1S/C51H53N4O.Pt/c1-48(2,3)34-16-14-17-37(28-34)53-33-54(46-29-35(49(4,5)6)22-25-44(46)53)38-18-15-19-39(31-38)56-40-23-24-42-41-20-12-13-21-43(41)55(45(42)32-40)47-30-36(26-27-52-47)51(10,11)50(7,8)9;/h12-30,33H,1-11H3;/q-3;. The van der Waals surface area contributed by atoms with Gasteiger partial charge in [-0.2, -0.15) is 12.1 Å². The van der Waals surface area contributed by atoms with Gasteiger partial charge in [-0.15, -0.1) is 48.1 Å². The van der Waals surface area contributed by atoms with E-state index in [1.807, 2.05) is 24.4 Å². The van der Waals surface area contributed by atoms with Crippen molar-refractivity contribution in [2.45, 2.75) is 92.4 Å². The number of hydrogen-bond acceptors (Lipinski definition) is 4. The molecule has 0 aliphatic carbocycles. The molecule has 8 rings (SSSR count). The number of anilines is 4. The van der Waals surface area contributed by atoms with Crippen LogP contribution >= 0.6 is 0 Å². The maximum atomic E-state index is 6.63. The number of para-hydroxylation sites is 1. The van der Waals surface area contributed by atoms with E-state index in [9.17, 15) is 0 Å². The average Bonchev–Trinajstić information content (AvgIpc) is 3.70. The molecule has 7 aromatic rings. The van der Waals surface area contributed by atoms with Gasteiger partial charge in [0.15, 0.2) is 0 Å². The molecule has 1 aliphatic rings. The van der Waals surface area contributed by atoms with E-state index in [0.29, 0.717) is 11.5 Å². The van der Waals surface area contributed by atoms with Crippen molar-refractivity contribution in [1.82, 2.24) is 9.55 Å². The van der Waals surface area contributed by atoms with E-state index in [-0.39, 0.29) is 42.7 Å². The first-order chi connectivity index (χ1) is 26.4. The van der Waals surface area contributed by atoms with Crippen LogP contribution in [0.25, 0.3) is 27.6 Å². The third-order valence-electron chi connectivity index (χ3n) is 11.9. The van der Waals surface area contributed by atoms with Gasteiger partial charge in [-0.1, -0.05) is 118 Å². The van der Waals surface area contributed by atoms with E-state index in [4.69, 9.17) is 9.72 Å². The summed E-state index contributed by atoms with van der Waals surface area (Å²) in [6, 6.07) is 46.0. The minimum atomic E-state index is -0.0720. The van der Waals surface area contributed by atoms with Crippen molar-refractivity contribution in [3.63, 3.8) is 0 Å². The summed E-state index contributed by atoms with van der Waals surface area (Å²) in [4.78, 5) is 9.42. The van der Waals surface area contributed by atoms with Crippen LogP contribution in [0.2, 0.25) is 0 Å². The van der Waals surface area contributed by atoms with Crippen LogP contribution in [0.4, 0.5) is 22.7 Å². The van der Waals surface area contributed by atoms with Crippen LogP contribution in [0.5, 0.6) is 11.5 Å². The van der Waals surface area contributed by atoms with Crippen molar-refractivity contribution in [2.75, 3.05) is 9.80 Å². The molecule has 6 heteroatoms. The monoisotopic (exact) mass is 932 g/mol. The number of ether oxygens (including phenoxy) is 1. The van der Waals surface area contributed by atoms with Crippen LogP contribution in [0.15, 0.2) is 115 Å². The fourth-order valence-electron chi connectivity index (χ4n) is 7.44. The Morgan fingerprint density at radius 3 is 2.02 bits per heavy atom. The van der Waals surface area contributed by atoms with Crippen LogP contribution in [0.3, 0.4) is 0 Å². The number of aromatic nitrogens is 2. The van der Waals surface area contributed by atoms with Crippen LogP contribution in [-0.2, 0) is 37.3 Å². The molecule has 2 aromatic heterocycles. The first kappa shape index (κ1) is 40.3. The zero-order valence-corrected chi connectivity index (χ0v) is 37.3. The molecule has 0 radical (unpaired) electrons. The van der Waals surface area contributed by atoms with Crippen LogP contribution in [0.1, 0.15) is 92.9 Å². The van der Waals surface area contributed by atoms with Gasteiger partial charge in [0.05, 0.1) is 0 Å². The quantitative estimate of drug-likeness (QED) is 0.156. The second kappa shape index (κ2) is 14.5. The molecule has 3 heterocycles. The Bertz CT molecular complexity index is 2600. The van der Waals surface area contributed by atoms with Gasteiger partial charge in [0, 0.05) is 61.3 Å². The van der Waals surface area contributed by atoms with Crippen LogP contribution in [0, 0.1) is 24.2 Å². The Kier molecular flexibility index (Phi) is 10.3. The zero-order chi connectivity index (χ0) is 39.8. The molecule has 5 nitrogen and oxygen atoms in total. The minimum Gasteiger partial charge on any atom is -0.509 e. The maximum Gasteiger partial charge on any atom is 0.135 e. The summed E-state index contributed by atoms with van der Waals surface area (Å²) in [6.07, 6.45) is 1.93. The SMILES string of the molecule is CC(C)(C)c1cccc(N2[CH-]N(c3[c-]c(Oc4[c-]c5c(cc4)c4ccccc4n5-c4cc(C(C)(C)C(C)(C)C)ccn4)ccc3)c3cc(C(C)(C)C)ccc32)c1.[Pt]. The first-order valence-electron chi connectivity index (χ1n) is 19.7. The van der Waals surface area contributed by atoms with E-state index in [0.717, 1.165) is 50.4 Å². The summed E-state index contributed by atoms with van der Waals surface area (Å²) in [5.74, 6) is 2.09. The van der Waals surface area contributed by atoms with Gasteiger partial charge >= 0.3 is 0 Å². The van der Waals surface area contributed by atoms with E-state index in [1.54, 1.807) is 0 Å². The van der Waals surface area contributed by atoms with Gasteiger partial charge < -0.3 is 19.1 Å². The Balaban J connectivity index is 0.00000496. The third-order valence-corrected chi connectivity index (χ3v) is 11.9. The molecule has 0 unspecified atom stereocenters. The first-order valence-corrected chi connectivity index (χ1v) is 19.7. The van der Waals surface area contributed by atoms with Crippen molar-refractivity contribution in [1.29, 1.82) is 0 Å². The van der Waals surface area contributed by atoms with Gasteiger partial charge in [0.25, 0.3) is 0 Å². The fraction of sp³-hybridized carbons (Fsp3) is 0.294. The van der Waals surface area contributed by atoms with Gasteiger partial charge in [0.1, 0.15) is 5.82 Å². The van der Waals surface area contributed by atoms with Crippen molar-refractivity contribution in [3.05, 3.63) is 151 Å². The molecule has 0 fully saturated rings. The normalized spacial score (nSPS) is 13.6. The van der Waals surface area contributed by atoms with E-state index >= 15 is 0 Å². The fourth-order valence-corrected chi connectivity index (χ4v) is 7.44. The molecular formula is C51H53N4OPt-3. The van der Waals surface area contributed by atoms with Gasteiger partial charge in [-0.25, -0.2) is 4.98 Å². The number of benzene rings is 5. The minimum absolute atomic E-state index is 0.